The molecule has 0 spiro atoms. The SMILES string of the molecule is Cc1ccc2c(=O)c(C(=O)N(C)CCCOc3ccccc3)c[nH]c2n1. The van der Waals surface area contributed by atoms with Gasteiger partial charge in [-0.3, -0.25) is 9.59 Å². The molecule has 0 bridgehead atoms. The molecule has 0 saturated carbocycles. The number of nitrogens with zero attached hydrogens (tertiary/aromatic N) is 2. The fourth-order valence-electron chi connectivity index (χ4n) is 2.68. The van der Waals surface area contributed by atoms with Gasteiger partial charge in [0, 0.05) is 25.5 Å². The van der Waals surface area contributed by atoms with Crippen LogP contribution in [0.25, 0.3) is 11.0 Å². The fourth-order valence-corrected chi connectivity index (χ4v) is 2.68. The van der Waals surface area contributed by atoms with Gasteiger partial charge in [0.2, 0.25) is 5.43 Å². The fraction of sp³-hybridized carbons (Fsp3) is 0.250. The number of amides is 1. The lowest BCUT2D eigenvalue weighted by Gasteiger charge is -2.17. The summed E-state index contributed by atoms with van der Waals surface area (Å²) < 4.78 is 5.62. The summed E-state index contributed by atoms with van der Waals surface area (Å²) in [4.78, 5) is 33.9. The van der Waals surface area contributed by atoms with E-state index in [9.17, 15) is 9.59 Å². The summed E-state index contributed by atoms with van der Waals surface area (Å²) in [5.41, 5.74) is 1.12. The van der Waals surface area contributed by atoms with E-state index in [4.69, 9.17) is 4.74 Å². The molecule has 0 aliphatic rings. The quantitative estimate of drug-likeness (QED) is 0.693. The maximum Gasteiger partial charge on any atom is 0.259 e. The molecule has 3 rings (SSSR count). The van der Waals surface area contributed by atoms with Crippen molar-refractivity contribution in [2.75, 3.05) is 20.2 Å². The van der Waals surface area contributed by atoms with Crippen molar-refractivity contribution in [1.29, 1.82) is 0 Å². The Morgan fingerprint density at radius 1 is 1.19 bits per heavy atom. The molecule has 0 fully saturated rings. The molecule has 6 heteroatoms. The Hall–Kier alpha value is -3.15. The molecule has 2 aromatic heterocycles. The first kappa shape index (κ1) is 17.7. The van der Waals surface area contributed by atoms with Gasteiger partial charge in [0.15, 0.2) is 0 Å². The Bertz CT molecular complexity index is 967. The Morgan fingerprint density at radius 3 is 2.73 bits per heavy atom. The summed E-state index contributed by atoms with van der Waals surface area (Å²) in [6.45, 7) is 2.84. The van der Waals surface area contributed by atoms with E-state index in [2.05, 4.69) is 9.97 Å². The first-order chi connectivity index (χ1) is 12.6. The van der Waals surface area contributed by atoms with Gasteiger partial charge in [-0.1, -0.05) is 18.2 Å². The summed E-state index contributed by atoms with van der Waals surface area (Å²) in [5.74, 6) is 0.490. The Balaban J connectivity index is 1.63. The Kier molecular flexibility index (Phi) is 5.31. The number of nitrogens with one attached hydrogen (secondary N) is 1. The summed E-state index contributed by atoms with van der Waals surface area (Å²) in [6, 6.07) is 13.0. The van der Waals surface area contributed by atoms with Gasteiger partial charge in [0.25, 0.3) is 5.91 Å². The van der Waals surface area contributed by atoms with Crippen molar-refractivity contribution in [3.8, 4) is 5.75 Å². The number of pyridine rings is 2. The second-order valence-electron chi connectivity index (χ2n) is 6.12. The van der Waals surface area contributed by atoms with Crippen LogP contribution in [0.4, 0.5) is 0 Å². The molecule has 6 nitrogen and oxygen atoms in total. The maximum atomic E-state index is 12.6. The number of fused-ring (bicyclic) bond motifs is 1. The van der Waals surface area contributed by atoms with E-state index >= 15 is 0 Å². The normalized spacial score (nSPS) is 10.7. The molecule has 2 heterocycles. The van der Waals surface area contributed by atoms with Crippen molar-refractivity contribution in [3.63, 3.8) is 0 Å². The second-order valence-corrected chi connectivity index (χ2v) is 6.12. The standard InChI is InChI=1S/C20H21N3O3/c1-14-9-10-16-18(24)17(13-21-19(16)22-14)20(25)23(2)11-6-12-26-15-7-4-3-5-8-15/h3-5,7-10,13H,6,11-12H2,1-2H3,(H,21,22,24). The highest BCUT2D eigenvalue weighted by Crippen LogP contribution is 2.10. The zero-order valence-corrected chi connectivity index (χ0v) is 14.9. The van der Waals surface area contributed by atoms with E-state index < -0.39 is 0 Å². The van der Waals surface area contributed by atoms with Crippen LogP contribution in [0, 0.1) is 6.92 Å². The molecule has 1 aromatic carbocycles. The van der Waals surface area contributed by atoms with Gasteiger partial charge in [-0.2, -0.15) is 0 Å². The summed E-state index contributed by atoms with van der Waals surface area (Å²) in [6.07, 6.45) is 2.11. The van der Waals surface area contributed by atoms with E-state index in [-0.39, 0.29) is 16.9 Å². The first-order valence-electron chi connectivity index (χ1n) is 8.48. The number of carbonyl (C=O) groups excluding carboxylic acids is 1. The number of rotatable bonds is 6. The van der Waals surface area contributed by atoms with E-state index in [0.717, 1.165) is 11.4 Å². The minimum absolute atomic E-state index is 0.120. The number of benzene rings is 1. The monoisotopic (exact) mass is 351 g/mol. The number of aryl methyl sites for hydroxylation is 1. The Labute approximate surface area is 151 Å². The first-order valence-corrected chi connectivity index (χ1v) is 8.48. The van der Waals surface area contributed by atoms with E-state index in [1.165, 1.54) is 11.1 Å². The lowest BCUT2D eigenvalue weighted by atomic mass is 10.1. The lowest BCUT2D eigenvalue weighted by Crippen LogP contribution is -2.32. The van der Waals surface area contributed by atoms with Crippen LogP contribution in [0.3, 0.4) is 0 Å². The predicted octanol–water partition coefficient (Wildman–Crippen LogP) is 2.77. The summed E-state index contributed by atoms with van der Waals surface area (Å²) in [7, 11) is 1.68. The van der Waals surface area contributed by atoms with Gasteiger partial charge >= 0.3 is 0 Å². The van der Waals surface area contributed by atoms with Crippen molar-refractivity contribution in [2.24, 2.45) is 0 Å². The molecule has 1 amide bonds. The zero-order chi connectivity index (χ0) is 18.5. The third-order valence-electron chi connectivity index (χ3n) is 4.10. The number of aromatic amines is 1. The highest BCUT2D eigenvalue weighted by Gasteiger charge is 2.17. The molecule has 0 aliphatic carbocycles. The van der Waals surface area contributed by atoms with Crippen molar-refractivity contribution >= 4 is 16.9 Å². The average Bonchev–Trinajstić information content (AvgIpc) is 2.65. The lowest BCUT2D eigenvalue weighted by molar-refractivity contribution is 0.0786. The van der Waals surface area contributed by atoms with Crippen molar-refractivity contribution < 1.29 is 9.53 Å². The van der Waals surface area contributed by atoms with E-state index in [1.807, 2.05) is 37.3 Å². The highest BCUT2D eigenvalue weighted by molar-refractivity contribution is 5.96. The molecule has 26 heavy (non-hydrogen) atoms. The number of para-hydroxylation sites is 1. The van der Waals surface area contributed by atoms with Gasteiger partial charge in [-0.15, -0.1) is 0 Å². The molecule has 134 valence electrons. The molecule has 0 unspecified atom stereocenters. The second kappa shape index (κ2) is 7.82. The molecule has 0 saturated heterocycles. The summed E-state index contributed by atoms with van der Waals surface area (Å²) in [5, 5.41) is 0.419. The third-order valence-corrected chi connectivity index (χ3v) is 4.10. The van der Waals surface area contributed by atoms with Crippen LogP contribution in [0.15, 0.2) is 53.5 Å². The van der Waals surface area contributed by atoms with Gasteiger partial charge in [0.05, 0.1) is 12.0 Å². The largest absolute Gasteiger partial charge is 0.494 e. The number of carbonyl (C=O) groups is 1. The molecule has 0 aliphatic heterocycles. The topological polar surface area (TPSA) is 75.3 Å². The maximum absolute atomic E-state index is 12.6. The van der Waals surface area contributed by atoms with Crippen LogP contribution in [0.5, 0.6) is 5.75 Å². The molecule has 0 radical (unpaired) electrons. The number of aromatic nitrogens is 2. The van der Waals surface area contributed by atoms with Crippen LogP contribution in [0.1, 0.15) is 22.5 Å². The van der Waals surface area contributed by atoms with Crippen LogP contribution in [-0.4, -0.2) is 41.0 Å². The van der Waals surface area contributed by atoms with E-state index in [0.29, 0.717) is 30.6 Å². The van der Waals surface area contributed by atoms with Crippen LogP contribution < -0.4 is 10.2 Å². The van der Waals surface area contributed by atoms with Crippen LogP contribution in [-0.2, 0) is 0 Å². The van der Waals surface area contributed by atoms with Gasteiger partial charge < -0.3 is 14.6 Å². The minimum atomic E-state index is -0.312. The number of H-pyrrole nitrogens is 1. The van der Waals surface area contributed by atoms with Gasteiger partial charge in [-0.25, -0.2) is 4.98 Å². The average molecular weight is 351 g/mol. The minimum Gasteiger partial charge on any atom is -0.494 e. The Morgan fingerprint density at radius 2 is 1.96 bits per heavy atom. The number of ether oxygens (including phenoxy) is 1. The smallest absolute Gasteiger partial charge is 0.259 e. The number of hydrogen-bond acceptors (Lipinski definition) is 4. The molecule has 1 N–H and O–H groups in total. The third kappa shape index (κ3) is 3.91. The number of hydrogen-bond donors (Lipinski definition) is 1. The van der Waals surface area contributed by atoms with Crippen molar-refractivity contribution in [1.82, 2.24) is 14.9 Å². The molecular weight excluding hydrogens is 330 g/mol. The van der Waals surface area contributed by atoms with Crippen LogP contribution in [0.2, 0.25) is 0 Å². The highest BCUT2D eigenvalue weighted by atomic mass is 16.5. The molecule has 3 aromatic rings. The summed E-state index contributed by atoms with van der Waals surface area (Å²) >= 11 is 0. The van der Waals surface area contributed by atoms with Gasteiger partial charge in [-0.05, 0) is 37.6 Å². The van der Waals surface area contributed by atoms with Crippen LogP contribution >= 0.6 is 0 Å². The van der Waals surface area contributed by atoms with E-state index in [1.54, 1.807) is 19.2 Å². The van der Waals surface area contributed by atoms with Gasteiger partial charge in [0.1, 0.15) is 17.0 Å². The molecule has 0 atom stereocenters. The predicted molar refractivity (Wildman–Crippen MR) is 101 cm³/mol. The molecular formula is C20H21N3O3. The zero-order valence-electron chi connectivity index (χ0n) is 14.9. The van der Waals surface area contributed by atoms with Crippen molar-refractivity contribution in [2.45, 2.75) is 13.3 Å². The van der Waals surface area contributed by atoms with Crippen molar-refractivity contribution in [3.05, 3.63) is 70.1 Å².